The lowest BCUT2D eigenvalue weighted by Crippen LogP contribution is -2.40. The molecule has 0 fully saturated rings. The average Bonchev–Trinajstić information content (AvgIpc) is 2.35. The highest BCUT2D eigenvalue weighted by Gasteiger charge is 2.26. The number of nitro groups is 1. The number of carboxylic acid groups (broad SMARTS) is 1. The number of nitrogens with one attached hydrogen (secondary N) is 1. The van der Waals surface area contributed by atoms with Gasteiger partial charge in [-0.3, -0.25) is 14.9 Å². The lowest BCUT2D eigenvalue weighted by molar-refractivity contribution is -0.384. The van der Waals surface area contributed by atoms with Crippen molar-refractivity contribution >= 4 is 33.3 Å². The van der Waals surface area contributed by atoms with Crippen LogP contribution >= 0.6 is 11.6 Å². The molecule has 0 amide bonds. The van der Waals surface area contributed by atoms with E-state index in [0.29, 0.717) is 0 Å². The molecule has 1 atom stereocenters. The molecule has 1 aromatic carbocycles. The van der Waals surface area contributed by atoms with E-state index in [0.717, 1.165) is 18.2 Å². The van der Waals surface area contributed by atoms with Gasteiger partial charge in [0, 0.05) is 6.07 Å². The fourth-order valence-corrected chi connectivity index (χ4v) is 2.84. The summed E-state index contributed by atoms with van der Waals surface area (Å²) in [5.74, 6) is -1.33. The molecule has 0 saturated heterocycles. The highest BCUT2D eigenvalue weighted by Crippen LogP contribution is 2.27. The predicted octanol–water partition coefficient (Wildman–Crippen LogP) is 1.39. The smallest absolute Gasteiger partial charge is 0.321 e. The number of rotatable bonds is 6. The molecule has 0 radical (unpaired) electrons. The third-order valence-electron chi connectivity index (χ3n) is 2.43. The normalized spacial score (nSPS) is 12.9. The highest BCUT2D eigenvalue weighted by molar-refractivity contribution is 7.89. The van der Waals surface area contributed by atoms with Crippen molar-refractivity contribution in [3.05, 3.63) is 33.3 Å². The Hall–Kier alpha value is -1.71. The van der Waals surface area contributed by atoms with Crippen LogP contribution in [-0.4, -0.2) is 30.5 Å². The van der Waals surface area contributed by atoms with Crippen molar-refractivity contribution in [2.45, 2.75) is 24.3 Å². The molecule has 8 nitrogen and oxygen atoms in total. The number of nitrogens with zero attached hydrogens (tertiary/aromatic N) is 1. The maximum Gasteiger partial charge on any atom is 0.321 e. The molecular formula is C10H11ClN2O6S. The van der Waals surface area contributed by atoms with Crippen molar-refractivity contribution < 1.29 is 23.2 Å². The van der Waals surface area contributed by atoms with E-state index in [1.165, 1.54) is 6.92 Å². The Morgan fingerprint density at radius 2 is 2.15 bits per heavy atom. The molecule has 0 saturated carbocycles. The van der Waals surface area contributed by atoms with Gasteiger partial charge in [0.2, 0.25) is 10.0 Å². The van der Waals surface area contributed by atoms with Crippen LogP contribution in [0.1, 0.15) is 13.3 Å². The van der Waals surface area contributed by atoms with Crippen molar-refractivity contribution in [1.29, 1.82) is 0 Å². The maximum absolute atomic E-state index is 12.0. The minimum atomic E-state index is -4.18. The maximum atomic E-state index is 12.0. The summed E-state index contributed by atoms with van der Waals surface area (Å²) in [5, 5.41) is 19.3. The Bertz CT molecular complexity index is 645. The first-order valence-corrected chi connectivity index (χ1v) is 7.24. The van der Waals surface area contributed by atoms with E-state index in [2.05, 4.69) is 0 Å². The van der Waals surface area contributed by atoms with Crippen molar-refractivity contribution in [2.24, 2.45) is 0 Å². The van der Waals surface area contributed by atoms with E-state index in [1.807, 2.05) is 4.72 Å². The number of carboxylic acids is 1. The average molecular weight is 323 g/mol. The van der Waals surface area contributed by atoms with E-state index in [1.54, 1.807) is 0 Å². The van der Waals surface area contributed by atoms with Gasteiger partial charge in [-0.25, -0.2) is 8.42 Å². The Morgan fingerprint density at radius 1 is 1.55 bits per heavy atom. The van der Waals surface area contributed by atoms with Gasteiger partial charge in [0.05, 0.1) is 9.82 Å². The minimum Gasteiger partial charge on any atom is -0.480 e. The molecule has 0 aliphatic rings. The van der Waals surface area contributed by atoms with E-state index >= 15 is 0 Å². The van der Waals surface area contributed by atoms with Crippen LogP contribution in [0.4, 0.5) is 5.69 Å². The summed E-state index contributed by atoms with van der Waals surface area (Å²) < 4.78 is 25.9. The van der Waals surface area contributed by atoms with Crippen molar-refractivity contribution in [2.75, 3.05) is 0 Å². The van der Waals surface area contributed by atoms with Gasteiger partial charge in [0.15, 0.2) is 0 Å². The zero-order valence-electron chi connectivity index (χ0n) is 10.2. The van der Waals surface area contributed by atoms with Gasteiger partial charge in [-0.15, -0.1) is 0 Å². The summed E-state index contributed by atoms with van der Waals surface area (Å²) in [6, 6.07) is 1.59. The molecule has 0 aromatic heterocycles. The largest absolute Gasteiger partial charge is 0.480 e. The molecule has 0 spiro atoms. The summed E-state index contributed by atoms with van der Waals surface area (Å²) in [6.45, 7) is 1.49. The van der Waals surface area contributed by atoms with Crippen LogP contribution in [0.3, 0.4) is 0 Å². The highest BCUT2D eigenvalue weighted by atomic mass is 35.5. The molecule has 1 rings (SSSR count). The number of carbonyl (C=O) groups is 1. The van der Waals surface area contributed by atoms with E-state index in [9.17, 15) is 23.3 Å². The van der Waals surface area contributed by atoms with Gasteiger partial charge in [0.1, 0.15) is 11.1 Å². The van der Waals surface area contributed by atoms with Crippen LogP contribution < -0.4 is 4.72 Å². The number of benzene rings is 1. The predicted molar refractivity (Wildman–Crippen MR) is 70.1 cm³/mol. The van der Waals surface area contributed by atoms with Gasteiger partial charge >= 0.3 is 5.97 Å². The fraction of sp³-hybridized carbons (Fsp3) is 0.300. The Morgan fingerprint density at radius 3 is 2.60 bits per heavy atom. The number of sulfonamides is 1. The first-order valence-electron chi connectivity index (χ1n) is 5.38. The molecule has 10 heteroatoms. The molecule has 1 unspecified atom stereocenters. The summed E-state index contributed by atoms with van der Waals surface area (Å²) in [4.78, 5) is 20.3. The van der Waals surface area contributed by atoms with Gasteiger partial charge in [-0.2, -0.15) is 4.72 Å². The fourth-order valence-electron chi connectivity index (χ4n) is 1.36. The molecule has 0 bridgehead atoms. The number of halogens is 1. The SMILES string of the molecule is CCC(NS(=O)(=O)c1ccc(Cl)c([N+](=O)[O-])c1)C(=O)O. The second kappa shape index (κ2) is 6.16. The standard InChI is InChI=1S/C10H11ClN2O6S/c1-2-8(10(14)15)12-20(18,19)6-3-4-7(11)9(5-6)13(16)17/h3-5,8,12H,2H2,1H3,(H,14,15). The second-order valence-electron chi connectivity index (χ2n) is 3.79. The first-order chi connectivity index (χ1) is 9.19. The van der Waals surface area contributed by atoms with Gasteiger partial charge < -0.3 is 5.11 Å². The van der Waals surface area contributed by atoms with E-state index in [4.69, 9.17) is 16.7 Å². The summed E-state index contributed by atoms with van der Waals surface area (Å²) in [5.41, 5.74) is -0.571. The van der Waals surface area contributed by atoms with Crippen LogP contribution in [0.5, 0.6) is 0 Å². The van der Waals surface area contributed by atoms with Gasteiger partial charge in [-0.1, -0.05) is 18.5 Å². The number of hydrogen-bond donors (Lipinski definition) is 2. The summed E-state index contributed by atoms with van der Waals surface area (Å²) in [6.07, 6.45) is 0.0320. The third-order valence-corrected chi connectivity index (χ3v) is 4.22. The molecule has 0 aliphatic heterocycles. The third kappa shape index (κ3) is 3.65. The minimum absolute atomic E-state index is 0.0320. The molecule has 1 aromatic rings. The van der Waals surface area contributed by atoms with Crippen LogP contribution in [0.25, 0.3) is 0 Å². The zero-order valence-corrected chi connectivity index (χ0v) is 11.8. The topological polar surface area (TPSA) is 127 Å². The molecule has 20 heavy (non-hydrogen) atoms. The van der Waals surface area contributed by atoms with Crippen LogP contribution in [0.15, 0.2) is 23.1 Å². The van der Waals surface area contributed by atoms with E-state index in [-0.39, 0.29) is 11.4 Å². The van der Waals surface area contributed by atoms with Crippen molar-refractivity contribution in [3.63, 3.8) is 0 Å². The molecule has 0 heterocycles. The monoisotopic (exact) mass is 322 g/mol. The lowest BCUT2D eigenvalue weighted by atomic mass is 10.2. The second-order valence-corrected chi connectivity index (χ2v) is 5.91. The van der Waals surface area contributed by atoms with Crippen molar-refractivity contribution in [1.82, 2.24) is 4.72 Å². The molecule has 110 valence electrons. The van der Waals surface area contributed by atoms with E-state index < -0.39 is 37.5 Å². The number of aliphatic carboxylic acids is 1. The number of hydrogen-bond acceptors (Lipinski definition) is 5. The molecule has 2 N–H and O–H groups in total. The van der Waals surface area contributed by atoms with Crippen LogP contribution in [0, 0.1) is 10.1 Å². The van der Waals surface area contributed by atoms with Gasteiger partial charge in [0.25, 0.3) is 5.69 Å². The summed E-state index contributed by atoms with van der Waals surface area (Å²) >= 11 is 5.57. The Balaban J connectivity index is 3.19. The van der Waals surface area contributed by atoms with Crippen molar-refractivity contribution in [3.8, 4) is 0 Å². The quantitative estimate of drug-likeness (QED) is 0.602. The first kappa shape index (κ1) is 16.3. The van der Waals surface area contributed by atoms with Crippen LogP contribution in [-0.2, 0) is 14.8 Å². The Labute approximate surface area is 119 Å². The molecule has 0 aliphatic carbocycles. The lowest BCUT2D eigenvalue weighted by Gasteiger charge is -2.12. The molecular weight excluding hydrogens is 312 g/mol. The summed E-state index contributed by atoms with van der Waals surface area (Å²) in [7, 11) is -4.18. The van der Waals surface area contributed by atoms with Gasteiger partial charge in [-0.05, 0) is 18.6 Å². The van der Waals surface area contributed by atoms with Crippen LogP contribution in [0.2, 0.25) is 5.02 Å². The zero-order chi connectivity index (χ0) is 15.5. The Kier molecular flexibility index (Phi) is 5.03. The number of nitro benzene ring substituents is 1.